The van der Waals surface area contributed by atoms with Crippen LogP contribution in [0.15, 0.2) is 24.3 Å². The summed E-state index contributed by atoms with van der Waals surface area (Å²) in [6.07, 6.45) is -4.40. The third kappa shape index (κ3) is 2.46. The van der Waals surface area contributed by atoms with Gasteiger partial charge in [-0.25, -0.2) is 0 Å². The lowest BCUT2D eigenvalue weighted by Crippen LogP contribution is -2.79. The molecule has 1 aromatic carbocycles. The number of alkyl halides is 3. The van der Waals surface area contributed by atoms with Crippen LogP contribution < -0.4 is 10.6 Å². The summed E-state index contributed by atoms with van der Waals surface area (Å²) in [5, 5.41) is 5.56. The molecule has 2 fully saturated rings. The fourth-order valence-corrected chi connectivity index (χ4v) is 3.13. The first-order valence-corrected chi connectivity index (χ1v) is 7.24. The van der Waals surface area contributed by atoms with Crippen molar-refractivity contribution in [3.8, 4) is 0 Å². The summed E-state index contributed by atoms with van der Waals surface area (Å²) >= 11 is 0. The molecule has 23 heavy (non-hydrogen) atoms. The highest BCUT2D eigenvalue weighted by atomic mass is 19.4. The number of halogens is 3. The van der Waals surface area contributed by atoms with E-state index in [0.717, 1.165) is 12.1 Å². The number of carbonyl (C=O) groups excluding carboxylic acids is 2. The van der Waals surface area contributed by atoms with Crippen molar-refractivity contribution in [1.29, 1.82) is 0 Å². The van der Waals surface area contributed by atoms with Crippen LogP contribution in [0.2, 0.25) is 0 Å². The molecular formula is C15H16F3N3O2. The summed E-state index contributed by atoms with van der Waals surface area (Å²) in [5.74, 6) is -0.465. The Bertz CT molecular complexity index is 638. The molecule has 2 N–H and O–H groups in total. The average molecular weight is 327 g/mol. The van der Waals surface area contributed by atoms with Gasteiger partial charge < -0.3 is 15.5 Å². The van der Waals surface area contributed by atoms with E-state index in [1.807, 2.05) is 0 Å². The van der Waals surface area contributed by atoms with Crippen LogP contribution in [0, 0.1) is 0 Å². The Hall–Kier alpha value is -2.09. The maximum Gasteiger partial charge on any atom is 0.416 e. The fourth-order valence-electron chi connectivity index (χ4n) is 3.13. The number of benzene rings is 1. The molecule has 1 aromatic rings. The van der Waals surface area contributed by atoms with Gasteiger partial charge in [-0.05, 0) is 24.6 Å². The van der Waals surface area contributed by atoms with Crippen LogP contribution in [0.25, 0.3) is 0 Å². The summed E-state index contributed by atoms with van der Waals surface area (Å²) in [5.41, 5.74) is -1.12. The monoisotopic (exact) mass is 327 g/mol. The number of rotatable bonds is 2. The molecule has 3 rings (SSSR count). The predicted octanol–water partition coefficient (Wildman–Crippen LogP) is 1.07. The van der Waals surface area contributed by atoms with Gasteiger partial charge in [-0.2, -0.15) is 13.2 Å². The Labute approximate surface area is 130 Å². The lowest BCUT2D eigenvalue weighted by atomic mass is 9.84. The minimum absolute atomic E-state index is 0.0917. The second kappa shape index (κ2) is 5.23. The molecule has 124 valence electrons. The van der Waals surface area contributed by atoms with Gasteiger partial charge in [-0.1, -0.05) is 12.1 Å². The van der Waals surface area contributed by atoms with Crippen LogP contribution in [-0.4, -0.2) is 41.9 Å². The lowest BCUT2D eigenvalue weighted by Gasteiger charge is -2.53. The van der Waals surface area contributed by atoms with Crippen molar-refractivity contribution in [3.63, 3.8) is 0 Å². The summed E-state index contributed by atoms with van der Waals surface area (Å²) in [6, 6.07) is 4.20. The van der Waals surface area contributed by atoms with Crippen LogP contribution in [0.4, 0.5) is 13.2 Å². The van der Waals surface area contributed by atoms with E-state index in [-0.39, 0.29) is 18.4 Å². The summed E-state index contributed by atoms with van der Waals surface area (Å²) in [6.45, 7) is 2.32. The molecule has 2 saturated heterocycles. The maximum absolute atomic E-state index is 12.6. The highest BCUT2D eigenvalue weighted by Crippen LogP contribution is 2.35. The second-order valence-electron chi connectivity index (χ2n) is 5.88. The van der Waals surface area contributed by atoms with Crippen molar-refractivity contribution in [3.05, 3.63) is 35.4 Å². The van der Waals surface area contributed by atoms with Crippen LogP contribution in [0.3, 0.4) is 0 Å². The minimum atomic E-state index is -4.40. The Kier molecular flexibility index (Phi) is 3.59. The average Bonchev–Trinajstić information content (AvgIpc) is 2.46. The van der Waals surface area contributed by atoms with Crippen LogP contribution in [0.5, 0.6) is 0 Å². The second-order valence-corrected chi connectivity index (χ2v) is 5.88. The molecule has 2 heterocycles. The smallest absolute Gasteiger partial charge is 0.345 e. The summed E-state index contributed by atoms with van der Waals surface area (Å²) < 4.78 is 37.9. The van der Waals surface area contributed by atoms with Crippen molar-refractivity contribution < 1.29 is 22.8 Å². The number of hydrogen-bond donors (Lipinski definition) is 2. The van der Waals surface area contributed by atoms with Gasteiger partial charge in [0.2, 0.25) is 11.8 Å². The van der Waals surface area contributed by atoms with Crippen LogP contribution >= 0.6 is 0 Å². The third-order valence-corrected chi connectivity index (χ3v) is 4.50. The predicted molar refractivity (Wildman–Crippen MR) is 75.3 cm³/mol. The van der Waals surface area contributed by atoms with Gasteiger partial charge in [-0.15, -0.1) is 0 Å². The van der Waals surface area contributed by atoms with Crippen LogP contribution in [0.1, 0.15) is 24.1 Å². The largest absolute Gasteiger partial charge is 0.416 e. The standard InChI is InChI=1S/C15H16F3N3O2/c1-9(10-2-4-11(5-3-10)15(16,17)18)21-12(22)6-20-13(23)14(21)7-19-8-14/h2-5,9,19H,6-8H2,1H3,(H,20,23). The van der Waals surface area contributed by atoms with Gasteiger partial charge in [0.1, 0.15) is 5.54 Å². The van der Waals surface area contributed by atoms with Crippen molar-refractivity contribution in [2.75, 3.05) is 19.6 Å². The van der Waals surface area contributed by atoms with Gasteiger partial charge in [0.15, 0.2) is 0 Å². The van der Waals surface area contributed by atoms with E-state index in [4.69, 9.17) is 0 Å². The van der Waals surface area contributed by atoms with Gasteiger partial charge in [0.05, 0.1) is 18.2 Å². The molecule has 1 spiro atoms. The number of carbonyl (C=O) groups is 2. The van der Waals surface area contributed by atoms with E-state index in [9.17, 15) is 22.8 Å². The Morgan fingerprint density at radius 1 is 1.17 bits per heavy atom. The topological polar surface area (TPSA) is 61.4 Å². The molecule has 0 aromatic heterocycles. The SMILES string of the molecule is CC(c1ccc(C(F)(F)F)cc1)N1C(=O)CNC(=O)C12CNC2. The molecule has 2 aliphatic rings. The van der Waals surface area contributed by atoms with E-state index < -0.39 is 23.3 Å². The molecule has 0 aliphatic carbocycles. The maximum atomic E-state index is 12.6. The summed E-state index contributed by atoms with van der Waals surface area (Å²) in [7, 11) is 0. The first-order chi connectivity index (χ1) is 10.8. The van der Waals surface area contributed by atoms with Gasteiger partial charge in [0, 0.05) is 13.1 Å². The third-order valence-electron chi connectivity index (χ3n) is 4.50. The minimum Gasteiger partial charge on any atom is -0.345 e. The van der Waals surface area contributed by atoms with Crippen molar-refractivity contribution in [2.45, 2.75) is 24.7 Å². The van der Waals surface area contributed by atoms with Gasteiger partial charge in [0.25, 0.3) is 0 Å². The molecule has 1 unspecified atom stereocenters. The van der Waals surface area contributed by atoms with E-state index in [1.165, 1.54) is 17.0 Å². The quantitative estimate of drug-likeness (QED) is 0.854. The number of piperazine rings is 1. The Morgan fingerprint density at radius 2 is 1.78 bits per heavy atom. The highest BCUT2D eigenvalue weighted by molar-refractivity contribution is 5.99. The normalized spacial score (nSPS) is 21.8. The van der Waals surface area contributed by atoms with E-state index >= 15 is 0 Å². The zero-order valence-electron chi connectivity index (χ0n) is 12.4. The number of nitrogens with one attached hydrogen (secondary N) is 2. The molecule has 2 aliphatic heterocycles. The van der Waals surface area contributed by atoms with Crippen molar-refractivity contribution >= 4 is 11.8 Å². The Balaban J connectivity index is 1.90. The molecule has 0 radical (unpaired) electrons. The zero-order chi connectivity index (χ0) is 16.8. The first-order valence-electron chi connectivity index (χ1n) is 7.24. The number of nitrogens with zero attached hydrogens (tertiary/aromatic N) is 1. The number of hydrogen-bond acceptors (Lipinski definition) is 3. The van der Waals surface area contributed by atoms with Gasteiger partial charge >= 0.3 is 6.18 Å². The molecule has 0 bridgehead atoms. The van der Waals surface area contributed by atoms with E-state index in [1.54, 1.807) is 6.92 Å². The molecule has 2 amide bonds. The molecule has 1 atom stereocenters. The first kappa shape index (κ1) is 15.8. The van der Waals surface area contributed by atoms with Crippen molar-refractivity contribution in [2.24, 2.45) is 0 Å². The molecule has 5 nitrogen and oxygen atoms in total. The van der Waals surface area contributed by atoms with Crippen molar-refractivity contribution in [1.82, 2.24) is 15.5 Å². The molecular weight excluding hydrogens is 311 g/mol. The van der Waals surface area contributed by atoms with Gasteiger partial charge in [-0.3, -0.25) is 9.59 Å². The molecule has 0 saturated carbocycles. The lowest BCUT2D eigenvalue weighted by molar-refractivity contribution is -0.161. The highest BCUT2D eigenvalue weighted by Gasteiger charge is 2.55. The Morgan fingerprint density at radius 3 is 2.26 bits per heavy atom. The number of amides is 2. The summed E-state index contributed by atoms with van der Waals surface area (Å²) in [4.78, 5) is 26.0. The van der Waals surface area contributed by atoms with Crippen LogP contribution in [-0.2, 0) is 15.8 Å². The van der Waals surface area contributed by atoms with E-state index in [2.05, 4.69) is 10.6 Å². The fraction of sp³-hybridized carbons (Fsp3) is 0.467. The molecule has 8 heteroatoms. The zero-order valence-corrected chi connectivity index (χ0v) is 12.4. The van der Waals surface area contributed by atoms with E-state index in [0.29, 0.717) is 18.7 Å².